The molecule has 5 nitrogen and oxygen atoms in total. The molecule has 2 N–H and O–H groups in total. The topological polar surface area (TPSA) is 65.2 Å². The molecular formula is C18H14BrN3O2. The fourth-order valence-electron chi connectivity index (χ4n) is 2.94. The summed E-state index contributed by atoms with van der Waals surface area (Å²) in [4.78, 5) is 29.3. The molecule has 2 amide bonds. The minimum Gasteiger partial charge on any atom is -0.373 e. The van der Waals surface area contributed by atoms with Gasteiger partial charge in [-0.3, -0.25) is 9.59 Å². The lowest BCUT2D eigenvalue weighted by molar-refractivity contribution is -0.121. The zero-order valence-corrected chi connectivity index (χ0v) is 14.2. The molecule has 2 heterocycles. The van der Waals surface area contributed by atoms with Crippen molar-refractivity contribution in [3.63, 3.8) is 0 Å². The molecule has 0 aliphatic carbocycles. The van der Waals surface area contributed by atoms with Gasteiger partial charge in [-0.25, -0.2) is 4.90 Å². The largest absolute Gasteiger partial charge is 0.373 e. The number of aromatic nitrogens is 1. The average Bonchev–Trinajstić information content (AvgIpc) is 3.13. The molecule has 0 spiro atoms. The quantitative estimate of drug-likeness (QED) is 0.678. The fraction of sp³-hybridized carbons (Fsp3) is 0.111. The maximum absolute atomic E-state index is 12.6. The molecular weight excluding hydrogens is 370 g/mol. The van der Waals surface area contributed by atoms with Gasteiger partial charge in [0, 0.05) is 21.9 Å². The number of fused-ring (bicyclic) bond motifs is 1. The van der Waals surface area contributed by atoms with Crippen molar-refractivity contribution in [2.24, 2.45) is 0 Å². The van der Waals surface area contributed by atoms with Crippen LogP contribution in [0.3, 0.4) is 0 Å². The molecule has 120 valence electrons. The first kappa shape index (κ1) is 15.0. The zero-order chi connectivity index (χ0) is 16.7. The maximum atomic E-state index is 12.6. The predicted octanol–water partition coefficient (Wildman–Crippen LogP) is 3.67. The van der Waals surface area contributed by atoms with E-state index in [0.29, 0.717) is 5.69 Å². The van der Waals surface area contributed by atoms with E-state index in [1.54, 1.807) is 12.1 Å². The van der Waals surface area contributed by atoms with Gasteiger partial charge in [-0.2, -0.15) is 0 Å². The predicted molar refractivity (Wildman–Crippen MR) is 97.0 cm³/mol. The molecule has 2 aromatic carbocycles. The van der Waals surface area contributed by atoms with E-state index < -0.39 is 6.04 Å². The molecule has 24 heavy (non-hydrogen) atoms. The SMILES string of the molecule is O=C1CC(Nc2ccc3cc[nH]c3c2)C(=O)N1c1ccc(Br)cc1. The highest BCUT2D eigenvalue weighted by Crippen LogP contribution is 2.27. The molecule has 3 aromatic rings. The van der Waals surface area contributed by atoms with E-state index in [2.05, 4.69) is 26.2 Å². The van der Waals surface area contributed by atoms with Crippen LogP contribution in [-0.2, 0) is 9.59 Å². The Labute approximate surface area is 146 Å². The molecule has 1 fully saturated rings. The Bertz CT molecular complexity index is 933. The van der Waals surface area contributed by atoms with Gasteiger partial charge in [-0.15, -0.1) is 0 Å². The van der Waals surface area contributed by atoms with Gasteiger partial charge in [-0.05, 0) is 47.9 Å². The number of imide groups is 1. The number of rotatable bonds is 3. The van der Waals surface area contributed by atoms with Crippen molar-refractivity contribution in [1.82, 2.24) is 4.98 Å². The molecule has 0 saturated carbocycles. The number of aromatic amines is 1. The highest BCUT2D eigenvalue weighted by Gasteiger charge is 2.39. The van der Waals surface area contributed by atoms with E-state index in [9.17, 15) is 9.59 Å². The summed E-state index contributed by atoms with van der Waals surface area (Å²) in [6.07, 6.45) is 2.02. The first-order valence-corrected chi connectivity index (χ1v) is 8.37. The molecule has 0 radical (unpaired) electrons. The molecule has 1 aromatic heterocycles. The minimum absolute atomic E-state index is 0.150. The van der Waals surface area contributed by atoms with Crippen LogP contribution in [0.2, 0.25) is 0 Å². The Kier molecular flexibility index (Phi) is 3.61. The zero-order valence-electron chi connectivity index (χ0n) is 12.6. The number of carbonyl (C=O) groups is 2. The van der Waals surface area contributed by atoms with Gasteiger partial charge >= 0.3 is 0 Å². The first-order valence-electron chi connectivity index (χ1n) is 7.58. The Balaban J connectivity index is 1.57. The van der Waals surface area contributed by atoms with Crippen LogP contribution in [0.5, 0.6) is 0 Å². The monoisotopic (exact) mass is 383 g/mol. The van der Waals surface area contributed by atoms with Crippen LogP contribution in [0.15, 0.2) is 59.2 Å². The highest BCUT2D eigenvalue weighted by atomic mass is 79.9. The van der Waals surface area contributed by atoms with E-state index >= 15 is 0 Å². The second-order valence-electron chi connectivity index (χ2n) is 5.72. The average molecular weight is 384 g/mol. The van der Waals surface area contributed by atoms with Gasteiger partial charge in [-0.1, -0.05) is 22.0 Å². The van der Waals surface area contributed by atoms with Crippen molar-refractivity contribution >= 4 is 50.0 Å². The minimum atomic E-state index is -0.548. The molecule has 1 saturated heterocycles. The number of amides is 2. The number of anilines is 2. The van der Waals surface area contributed by atoms with Gasteiger partial charge in [0.25, 0.3) is 5.91 Å². The summed E-state index contributed by atoms with van der Waals surface area (Å²) in [5.41, 5.74) is 2.40. The molecule has 6 heteroatoms. The van der Waals surface area contributed by atoms with Crippen LogP contribution in [0, 0.1) is 0 Å². The highest BCUT2D eigenvalue weighted by molar-refractivity contribution is 9.10. The molecule has 1 aliphatic heterocycles. The Morgan fingerprint density at radius 2 is 1.88 bits per heavy atom. The van der Waals surface area contributed by atoms with Crippen LogP contribution in [-0.4, -0.2) is 22.8 Å². The standard InChI is InChI=1S/C18H14BrN3O2/c19-12-2-5-14(6-3-12)22-17(23)10-16(18(22)24)21-13-4-1-11-7-8-20-15(11)9-13/h1-9,16,20-21H,10H2. The lowest BCUT2D eigenvalue weighted by Crippen LogP contribution is -2.34. The summed E-state index contributed by atoms with van der Waals surface area (Å²) in [6.45, 7) is 0. The van der Waals surface area contributed by atoms with E-state index in [1.165, 1.54) is 4.90 Å². The second-order valence-corrected chi connectivity index (χ2v) is 6.64. The van der Waals surface area contributed by atoms with Crippen LogP contribution >= 0.6 is 15.9 Å². The molecule has 1 atom stereocenters. The normalized spacial score (nSPS) is 17.7. The number of nitrogens with zero attached hydrogens (tertiary/aromatic N) is 1. The van der Waals surface area contributed by atoms with Crippen LogP contribution in [0.1, 0.15) is 6.42 Å². The number of H-pyrrole nitrogens is 1. The van der Waals surface area contributed by atoms with Crippen molar-refractivity contribution < 1.29 is 9.59 Å². The van der Waals surface area contributed by atoms with E-state index in [-0.39, 0.29) is 18.2 Å². The van der Waals surface area contributed by atoms with E-state index in [4.69, 9.17) is 0 Å². The van der Waals surface area contributed by atoms with Crippen LogP contribution in [0.4, 0.5) is 11.4 Å². The van der Waals surface area contributed by atoms with Crippen molar-refractivity contribution in [2.75, 3.05) is 10.2 Å². The van der Waals surface area contributed by atoms with Crippen molar-refractivity contribution in [1.29, 1.82) is 0 Å². The summed E-state index contributed by atoms with van der Waals surface area (Å²) < 4.78 is 0.902. The Morgan fingerprint density at radius 3 is 2.67 bits per heavy atom. The lowest BCUT2D eigenvalue weighted by Gasteiger charge is -2.16. The van der Waals surface area contributed by atoms with E-state index in [1.807, 2.05) is 42.6 Å². The van der Waals surface area contributed by atoms with Gasteiger partial charge in [0.2, 0.25) is 5.91 Å². The Morgan fingerprint density at radius 1 is 1.08 bits per heavy atom. The number of benzene rings is 2. The van der Waals surface area contributed by atoms with Crippen LogP contribution in [0.25, 0.3) is 10.9 Å². The van der Waals surface area contributed by atoms with E-state index in [0.717, 1.165) is 21.1 Å². The number of halogens is 1. The number of nitrogens with one attached hydrogen (secondary N) is 2. The van der Waals surface area contributed by atoms with Gasteiger partial charge in [0.1, 0.15) is 6.04 Å². The third-order valence-corrected chi connectivity index (χ3v) is 4.66. The summed E-state index contributed by atoms with van der Waals surface area (Å²) in [5, 5.41) is 4.28. The number of hydrogen-bond acceptors (Lipinski definition) is 3. The van der Waals surface area contributed by atoms with Crippen molar-refractivity contribution in [2.45, 2.75) is 12.5 Å². The molecule has 1 aliphatic rings. The van der Waals surface area contributed by atoms with Gasteiger partial charge < -0.3 is 10.3 Å². The molecule has 0 bridgehead atoms. The molecule has 1 unspecified atom stereocenters. The van der Waals surface area contributed by atoms with Crippen LogP contribution < -0.4 is 10.2 Å². The van der Waals surface area contributed by atoms with Gasteiger partial charge in [0.15, 0.2) is 0 Å². The maximum Gasteiger partial charge on any atom is 0.256 e. The summed E-state index contributed by atoms with van der Waals surface area (Å²) in [6, 6.07) is 14.4. The third-order valence-electron chi connectivity index (χ3n) is 4.13. The number of hydrogen-bond donors (Lipinski definition) is 2. The fourth-order valence-corrected chi connectivity index (χ4v) is 3.21. The summed E-state index contributed by atoms with van der Waals surface area (Å²) in [5.74, 6) is -0.422. The Hall–Kier alpha value is -2.60. The first-order chi connectivity index (χ1) is 11.6. The van der Waals surface area contributed by atoms with Gasteiger partial charge in [0.05, 0.1) is 12.1 Å². The van der Waals surface area contributed by atoms with Crippen molar-refractivity contribution in [3.05, 3.63) is 59.2 Å². The smallest absolute Gasteiger partial charge is 0.256 e. The lowest BCUT2D eigenvalue weighted by atomic mass is 10.2. The van der Waals surface area contributed by atoms with Crippen molar-refractivity contribution in [3.8, 4) is 0 Å². The summed E-state index contributed by atoms with van der Waals surface area (Å²) in [7, 11) is 0. The second kappa shape index (κ2) is 5.79. The summed E-state index contributed by atoms with van der Waals surface area (Å²) >= 11 is 3.35. The number of carbonyl (C=O) groups excluding carboxylic acids is 2. The third kappa shape index (κ3) is 2.59. The molecule has 4 rings (SSSR count).